The predicted octanol–water partition coefficient (Wildman–Crippen LogP) is 3.58. The lowest BCUT2D eigenvalue weighted by Crippen LogP contribution is -2.25. The molecular formula is C16H26FNO. The van der Waals surface area contributed by atoms with Crippen LogP contribution in [-0.2, 0) is 4.74 Å². The number of nitrogens with one attached hydrogen (secondary N) is 1. The van der Waals surface area contributed by atoms with Gasteiger partial charge in [-0.05, 0) is 36.0 Å². The van der Waals surface area contributed by atoms with E-state index in [2.05, 4.69) is 19.2 Å². The van der Waals surface area contributed by atoms with Crippen LogP contribution in [0.1, 0.15) is 38.2 Å². The van der Waals surface area contributed by atoms with Gasteiger partial charge >= 0.3 is 0 Å². The van der Waals surface area contributed by atoms with Gasteiger partial charge in [0.25, 0.3) is 0 Å². The molecule has 0 heterocycles. The number of halogens is 1. The number of hydrogen-bond acceptors (Lipinski definition) is 2. The average Bonchev–Trinajstić information content (AvgIpc) is 2.39. The molecule has 1 aromatic carbocycles. The lowest BCUT2D eigenvalue weighted by atomic mass is 9.91. The van der Waals surface area contributed by atoms with Crippen molar-refractivity contribution >= 4 is 0 Å². The number of rotatable bonds is 9. The molecule has 0 aliphatic rings. The maximum atomic E-state index is 13.0. The minimum atomic E-state index is -0.168. The van der Waals surface area contributed by atoms with Gasteiger partial charge in [0, 0.05) is 20.2 Å². The molecule has 0 radical (unpaired) electrons. The van der Waals surface area contributed by atoms with Crippen molar-refractivity contribution in [3.05, 3.63) is 35.6 Å². The van der Waals surface area contributed by atoms with Crippen LogP contribution in [0.25, 0.3) is 0 Å². The van der Waals surface area contributed by atoms with Crippen LogP contribution in [0.4, 0.5) is 4.39 Å². The maximum absolute atomic E-state index is 13.0. The van der Waals surface area contributed by atoms with Gasteiger partial charge < -0.3 is 10.1 Å². The summed E-state index contributed by atoms with van der Waals surface area (Å²) in [5.41, 5.74) is 1.21. The van der Waals surface area contributed by atoms with E-state index in [0.29, 0.717) is 11.8 Å². The van der Waals surface area contributed by atoms with Gasteiger partial charge in [-0.15, -0.1) is 0 Å². The molecule has 19 heavy (non-hydrogen) atoms. The van der Waals surface area contributed by atoms with Crippen LogP contribution in [0.3, 0.4) is 0 Å². The van der Waals surface area contributed by atoms with Gasteiger partial charge in [-0.2, -0.15) is 0 Å². The third-order valence-electron chi connectivity index (χ3n) is 3.31. The summed E-state index contributed by atoms with van der Waals surface area (Å²) in [6.07, 6.45) is 2.32. The SMILES string of the molecule is COCCNCC(CCC(C)C)c1ccc(F)cc1. The van der Waals surface area contributed by atoms with Crippen LogP contribution in [0.5, 0.6) is 0 Å². The van der Waals surface area contributed by atoms with Crippen molar-refractivity contribution in [1.29, 1.82) is 0 Å². The van der Waals surface area contributed by atoms with Crippen molar-refractivity contribution in [2.75, 3.05) is 26.8 Å². The highest BCUT2D eigenvalue weighted by molar-refractivity contribution is 5.20. The quantitative estimate of drug-likeness (QED) is 0.690. The molecule has 0 aliphatic heterocycles. The zero-order chi connectivity index (χ0) is 14.1. The first-order valence-electron chi connectivity index (χ1n) is 7.08. The highest BCUT2D eigenvalue weighted by Gasteiger charge is 2.12. The summed E-state index contributed by atoms with van der Waals surface area (Å²) in [5, 5.41) is 3.40. The number of ether oxygens (including phenoxy) is 1. The molecule has 3 heteroatoms. The highest BCUT2D eigenvalue weighted by atomic mass is 19.1. The first-order chi connectivity index (χ1) is 9.13. The van der Waals surface area contributed by atoms with Gasteiger partial charge in [0.15, 0.2) is 0 Å². The monoisotopic (exact) mass is 267 g/mol. The molecule has 0 fully saturated rings. The summed E-state index contributed by atoms with van der Waals surface area (Å²) in [6, 6.07) is 6.90. The Morgan fingerprint density at radius 3 is 2.42 bits per heavy atom. The number of hydrogen-bond donors (Lipinski definition) is 1. The molecule has 1 rings (SSSR count). The lowest BCUT2D eigenvalue weighted by Gasteiger charge is -2.19. The van der Waals surface area contributed by atoms with Crippen molar-refractivity contribution in [3.8, 4) is 0 Å². The molecule has 0 amide bonds. The van der Waals surface area contributed by atoms with Gasteiger partial charge in [-0.3, -0.25) is 0 Å². The van der Waals surface area contributed by atoms with Crippen molar-refractivity contribution in [1.82, 2.24) is 5.32 Å². The van der Waals surface area contributed by atoms with E-state index in [4.69, 9.17) is 4.74 Å². The van der Waals surface area contributed by atoms with E-state index in [1.165, 1.54) is 12.0 Å². The van der Waals surface area contributed by atoms with E-state index in [9.17, 15) is 4.39 Å². The van der Waals surface area contributed by atoms with E-state index in [1.54, 1.807) is 19.2 Å². The summed E-state index contributed by atoms with van der Waals surface area (Å²) in [5.74, 6) is 0.973. The van der Waals surface area contributed by atoms with Crippen LogP contribution in [0.15, 0.2) is 24.3 Å². The largest absolute Gasteiger partial charge is 0.383 e. The maximum Gasteiger partial charge on any atom is 0.123 e. The van der Waals surface area contributed by atoms with Crippen molar-refractivity contribution in [2.24, 2.45) is 5.92 Å². The molecule has 0 saturated carbocycles. The molecule has 0 aromatic heterocycles. The van der Waals surface area contributed by atoms with E-state index >= 15 is 0 Å². The van der Waals surface area contributed by atoms with Crippen LogP contribution >= 0.6 is 0 Å². The fourth-order valence-corrected chi connectivity index (χ4v) is 2.11. The van der Waals surface area contributed by atoms with E-state index in [-0.39, 0.29) is 5.82 Å². The number of benzene rings is 1. The summed E-state index contributed by atoms with van der Waals surface area (Å²) in [7, 11) is 1.71. The van der Waals surface area contributed by atoms with Crippen LogP contribution < -0.4 is 5.32 Å². The molecular weight excluding hydrogens is 241 g/mol. The third-order valence-corrected chi connectivity index (χ3v) is 3.31. The zero-order valence-electron chi connectivity index (χ0n) is 12.3. The van der Waals surface area contributed by atoms with Gasteiger partial charge in [-0.1, -0.05) is 32.4 Å². The Morgan fingerprint density at radius 2 is 1.84 bits per heavy atom. The molecule has 2 nitrogen and oxygen atoms in total. The second-order valence-electron chi connectivity index (χ2n) is 5.42. The first kappa shape index (κ1) is 16.1. The predicted molar refractivity (Wildman–Crippen MR) is 78.0 cm³/mol. The van der Waals surface area contributed by atoms with Crippen molar-refractivity contribution in [2.45, 2.75) is 32.6 Å². The minimum Gasteiger partial charge on any atom is -0.383 e. The minimum absolute atomic E-state index is 0.168. The third kappa shape index (κ3) is 6.69. The van der Waals surface area contributed by atoms with E-state index in [1.807, 2.05) is 12.1 Å². The summed E-state index contributed by atoms with van der Waals surface area (Å²) >= 11 is 0. The Labute approximate surface area is 116 Å². The fraction of sp³-hybridized carbons (Fsp3) is 0.625. The molecule has 1 aromatic rings. The average molecular weight is 267 g/mol. The van der Waals surface area contributed by atoms with Crippen LogP contribution in [0.2, 0.25) is 0 Å². The lowest BCUT2D eigenvalue weighted by molar-refractivity contribution is 0.198. The second-order valence-corrected chi connectivity index (χ2v) is 5.42. The summed E-state index contributed by atoms with van der Waals surface area (Å²) < 4.78 is 18.0. The first-order valence-corrected chi connectivity index (χ1v) is 7.08. The Bertz CT molecular complexity index is 337. The van der Waals surface area contributed by atoms with E-state index in [0.717, 1.165) is 26.1 Å². The molecule has 1 unspecified atom stereocenters. The molecule has 1 atom stereocenters. The molecule has 0 aliphatic carbocycles. The Balaban J connectivity index is 2.54. The highest BCUT2D eigenvalue weighted by Crippen LogP contribution is 2.23. The van der Waals surface area contributed by atoms with Crippen molar-refractivity contribution < 1.29 is 9.13 Å². The zero-order valence-corrected chi connectivity index (χ0v) is 12.3. The smallest absolute Gasteiger partial charge is 0.123 e. The summed E-state index contributed by atoms with van der Waals surface area (Å²) in [4.78, 5) is 0. The Hall–Kier alpha value is -0.930. The van der Waals surface area contributed by atoms with Gasteiger partial charge in [0.1, 0.15) is 5.82 Å². The van der Waals surface area contributed by atoms with Gasteiger partial charge in [0.2, 0.25) is 0 Å². The Kier molecular flexibility index (Phi) is 7.68. The molecule has 0 spiro atoms. The molecule has 1 N–H and O–H groups in total. The normalized spacial score (nSPS) is 12.9. The van der Waals surface area contributed by atoms with Crippen LogP contribution in [0, 0.1) is 11.7 Å². The molecule has 0 saturated heterocycles. The van der Waals surface area contributed by atoms with Crippen molar-refractivity contribution in [3.63, 3.8) is 0 Å². The standard InChI is InChI=1S/C16H26FNO/c1-13(2)4-5-15(12-18-10-11-19-3)14-6-8-16(17)9-7-14/h6-9,13,15,18H,4-5,10-12H2,1-3H3. The van der Waals surface area contributed by atoms with Gasteiger partial charge in [-0.25, -0.2) is 4.39 Å². The Morgan fingerprint density at radius 1 is 1.16 bits per heavy atom. The van der Waals surface area contributed by atoms with E-state index < -0.39 is 0 Å². The summed E-state index contributed by atoms with van der Waals surface area (Å²) in [6.45, 7) is 6.97. The topological polar surface area (TPSA) is 21.3 Å². The molecule has 0 bridgehead atoms. The second kappa shape index (κ2) is 9.05. The fourth-order valence-electron chi connectivity index (χ4n) is 2.11. The van der Waals surface area contributed by atoms with Gasteiger partial charge in [0.05, 0.1) is 6.61 Å². The number of methoxy groups -OCH3 is 1. The molecule has 108 valence electrons. The van der Waals surface area contributed by atoms with Crippen LogP contribution in [-0.4, -0.2) is 26.8 Å².